The second-order valence-electron chi connectivity index (χ2n) is 5.34. The van der Waals surface area contributed by atoms with Crippen LogP contribution >= 0.6 is 34.7 Å². The molecule has 0 aliphatic carbocycles. The fraction of sp³-hybridized carbons (Fsp3) is 0.235. The van der Waals surface area contributed by atoms with Crippen molar-refractivity contribution in [1.82, 2.24) is 9.55 Å². The molecule has 5 nitrogen and oxygen atoms in total. The molecule has 3 aromatic rings. The number of amides is 1. The molecule has 0 bridgehead atoms. The van der Waals surface area contributed by atoms with E-state index in [1.165, 1.54) is 23.1 Å². The van der Waals surface area contributed by atoms with E-state index in [0.717, 1.165) is 0 Å². The standard InChI is InChI=1S/C17H16ClN3O2S2/c1-3-21-16(23)14-13(7-8-24-14)20-17(21)25-10(2)15(22)19-12-6-4-5-11(18)9-12/h4-10H,3H2,1-2H3,(H,19,22). The molecule has 0 saturated heterocycles. The number of hydrogen-bond donors (Lipinski definition) is 1. The Morgan fingerprint density at radius 2 is 2.24 bits per heavy atom. The highest BCUT2D eigenvalue weighted by Crippen LogP contribution is 2.25. The van der Waals surface area contributed by atoms with Gasteiger partial charge in [0.15, 0.2) is 5.16 Å². The number of carbonyl (C=O) groups excluding carboxylic acids is 1. The number of thiophene rings is 1. The van der Waals surface area contributed by atoms with Crippen molar-refractivity contribution < 1.29 is 4.79 Å². The van der Waals surface area contributed by atoms with Gasteiger partial charge in [-0.25, -0.2) is 4.98 Å². The largest absolute Gasteiger partial charge is 0.325 e. The maximum absolute atomic E-state index is 12.5. The lowest BCUT2D eigenvalue weighted by atomic mass is 10.3. The molecule has 1 unspecified atom stereocenters. The highest BCUT2D eigenvalue weighted by atomic mass is 35.5. The first-order valence-corrected chi connectivity index (χ1v) is 9.84. The van der Waals surface area contributed by atoms with Crippen LogP contribution in [0.2, 0.25) is 5.02 Å². The molecule has 0 aliphatic heterocycles. The van der Waals surface area contributed by atoms with Crippen LogP contribution in [-0.2, 0) is 11.3 Å². The van der Waals surface area contributed by atoms with Crippen LogP contribution in [0, 0.1) is 0 Å². The van der Waals surface area contributed by atoms with Gasteiger partial charge < -0.3 is 5.32 Å². The normalized spacial score (nSPS) is 12.3. The van der Waals surface area contributed by atoms with Crippen molar-refractivity contribution in [1.29, 1.82) is 0 Å². The lowest BCUT2D eigenvalue weighted by molar-refractivity contribution is -0.115. The highest BCUT2D eigenvalue weighted by molar-refractivity contribution is 8.00. The van der Waals surface area contributed by atoms with Crippen molar-refractivity contribution in [2.75, 3.05) is 5.32 Å². The van der Waals surface area contributed by atoms with Gasteiger partial charge >= 0.3 is 0 Å². The minimum Gasteiger partial charge on any atom is -0.325 e. The van der Waals surface area contributed by atoms with E-state index < -0.39 is 5.25 Å². The van der Waals surface area contributed by atoms with E-state index in [1.54, 1.807) is 35.8 Å². The summed E-state index contributed by atoms with van der Waals surface area (Å²) < 4.78 is 2.24. The van der Waals surface area contributed by atoms with Crippen LogP contribution in [0.5, 0.6) is 0 Å². The molecule has 2 aromatic heterocycles. The van der Waals surface area contributed by atoms with E-state index in [-0.39, 0.29) is 11.5 Å². The third-order valence-electron chi connectivity index (χ3n) is 3.59. The number of nitrogens with zero attached hydrogens (tertiary/aromatic N) is 2. The fourth-order valence-electron chi connectivity index (χ4n) is 2.31. The molecule has 0 spiro atoms. The Morgan fingerprint density at radius 3 is 2.96 bits per heavy atom. The molecule has 1 N–H and O–H groups in total. The van der Waals surface area contributed by atoms with Crippen LogP contribution in [0.15, 0.2) is 45.7 Å². The number of carbonyl (C=O) groups is 1. The van der Waals surface area contributed by atoms with Crippen LogP contribution in [0.4, 0.5) is 5.69 Å². The van der Waals surface area contributed by atoms with E-state index in [4.69, 9.17) is 11.6 Å². The molecule has 1 atom stereocenters. The Labute approximate surface area is 158 Å². The topological polar surface area (TPSA) is 64.0 Å². The van der Waals surface area contributed by atoms with Gasteiger partial charge in [0.05, 0.1) is 10.8 Å². The summed E-state index contributed by atoms with van der Waals surface area (Å²) in [6, 6.07) is 8.81. The van der Waals surface area contributed by atoms with Gasteiger partial charge in [0.1, 0.15) is 4.70 Å². The Balaban J connectivity index is 1.82. The summed E-state index contributed by atoms with van der Waals surface area (Å²) in [5.41, 5.74) is 1.25. The minimum absolute atomic E-state index is 0.0625. The number of anilines is 1. The quantitative estimate of drug-likeness (QED) is 0.520. The number of halogens is 1. The van der Waals surface area contributed by atoms with Crippen LogP contribution < -0.4 is 10.9 Å². The SMILES string of the molecule is CCn1c(SC(C)C(=O)Nc2cccc(Cl)c2)nc2ccsc2c1=O. The molecular weight excluding hydrogens is 378 g/mol. The molecule has 2 heterocycles. The lowest BCUT2D eigenvalue weighted by Crippen LogP contribution is -2.26. The first-order chi connectivity index (χ1) is 12.0. The number of fused-ring (bicyclic) bond motifs is 1. The average Bonchev–Trinajstić information content (AvgIpc) is 3.04. The monoisotopic (exact) mass is 393 g/mol. The molecule has 0 aliphatic rings. The van der Waals surface area contributed by atoms with Crippen LogP contribution in [0.3, 0.4) is 0 Å². The molecule has 130 valence electrons. The van der Waals surface area contributed by atoms with Crippen molar-refractivity contribution in [2.24, 2.45) is 0 Å². The predicted octanol–water partition coefficient (Wildman–Crippen LogP) is 4.25. The third-order valence-corrected chi connectivity index (χ3v) is 5.81. The fourth-order valence-corrected chi connectivity index (χ4v) is 4.26. The Kier molecular flexibility index (Phi) is 5.46. The van der Waals surface area contributed by atoms with E-state index in [1.807, 2.05) is 18.4 Å². The van der Waals surface area contributed by atoms with Gasteiger partial charge in [-0.1, -0.05) is 29.4 Å². The zero-order valence-electron chi connectivity index (χ0n) is 13.7. The second kappa shape index (κ2) is 7.59. The van der Waals surface area contributed by atoms with Gasteiger partial charge in [0.2, 0.25) is 5.91 Å². The van der Waals surface area contributed by atoms with Crippen molar-refractivity contribution >= 4 is 56.5 Å². The molecule has 1 aromatic carbocycles. The summed E-state index contributed by atoms with van der Waals surface area (Å²) in [5.74, 6) is -0.172. The minimum atomic E-state index is -0.417. The highest BCUT2D eigenvalue weighted by Gasteiger charge is 2.19. The predicted molar refractivity (Wildman–Crippen MR) is 105 cm³/mol. The first kappa shape index (κ1) is 18.0. The molecule has 3 rings (SSSR count). The summed E-state index contributed by atoms with van der Waals surface area (Å²) in [6.07, 6.45) is 0. The Morgan fingerprint density at radius 1 is 1.44 bits per heavy atom. The number of hydrogen-bond acceptors (Lipinski definition) is 5. The maximum atomic E-state index is 12.5. The Hall–Kier alpha value is -1.83. The van der Waals surface area contributed by atoms with E-state index in [2.05, 4.69) is 10.3 Å². The third kappa shape index (κ3) is 3.89. The molecule has 8 heteroatoms. The number of nitrogens with one attached hydrogen (secondary N) is 1. The zero-order chi connectivity index (χ0) is 18.0. The number of thioether (sulfide) groups is 1. The first-order valence-electron chi connectivity index (χ1n) is 7.70. The Bertz CT molecular complexity index is 983. The lowest BCUT2D eigenvalue weighted by Gasteiger charge is -2.14. The molecule has 1 amide bonds. The summed E-state index contributed by atoms with van der Waals surface area (Å²) in [4.78, 5) is 29.5. The summed E-state index contributed by atoms with van der Waals surface area (Å²) in [7, 11) is 0. The van der Waals surface area contributed by atoms with E-state index >= 15 is 0 Å². The van der Waals surface area contributed by atoms with Crippen LogP contribution in [-0.4, -0.2) is 20.7 Å². The van der Waals surface area contributed by atoms with Gasteiger partial charge in [0, 0.05) is 17.3 Å². The molecular formula is C17H16ClN3O2S2. The van der Waals surface area contributed by atoms with Crippen LogP contribution in [0.1, 0.15) is 13.8 Å². The summed E-state index contributed by atoms with van der Waals surface area (Å²) >= 11 is 8.59. The number of aromatic nitrogens is 2. The smallest absolute Gasteiger partial charge is 0.272 e. The van der Waals surface area contributed by atoms with Crippen LogP contribution in [0.25, 0.3) is 10.2 Å². The summed E-state index contributed by atoms with van der Waals surface area (Å²) in [5, 5.41) is 5.37. The average molecular weight is 394 g/mol. The van der Waals surface area contributed by atoms with Crippen molar-refractivity contribution in [3.63, 3.8) is 0 Å². The number of rotatable bonds is 5. The van der Waals surface area contributed by atoms with Gasteiger partial charge in [-0.05, 0) is 43.5 Å². The van der Waals surface area contributed by atoms with E-state index in [0.29, 0.717) is 32.6 Å². The van der Waals surface area contributed by atoms with E-state index in [9.17, 15) is 9.59 Å². The molecule has 0 radical (unpaired) electrons. The van der Waals surface area contributed by atoms with Gasteiger partial charge in [0.25, 0.3) is 5.56 Å². The van der Waals surface area contributed by atoms with Crippen molar-refractivity contribution in [3.05, 3.63) is 51.1 Å². The van der Waals surface area contributed by atoms with Gasteiger partial charge in [-0.2, -0.15) is 0 Å². The molecule has 0 fully saturated rings. The molecule has 25 heavy (non-hydrogen) atoms. The number of benzene rings is 1. The van der Waals surface area contributed by atoms with Crippen molar-refractivity contribution in [3.8, 4) is 0 Å². The maximum Gasteiger partial charge on any atom is 0.272 e. The summed E-state index contributed by atoms with van der Waals surface area (Å²) in [6.45, 7) is 4.18. The van der Waals surface area contributed by atoms with Crippen molar-refractivity contribution in [2.45, 2.75) is 30.8 Å². The molecule has 0 saturated carbocycles. The van der Waals surface area contributed by atoms with Gasteiger partial charge in [-0.3, -0.25) is 14.2 Å². The zero-order valence-corrected chi connectivity index (χ0v) is 16.0. The van der Waals surface area contributed by atoms with Gasteiger partial charge in [-0.15, -0.1) is 11.3 Å². The second-order valence-corrected chi connectivity index (χ2v) is 8.00.